The molecule has 1 unspecified atom stereocenters. The van der Waals surface area contributed by atoms with E-state index in [9.17, 15) is 24.0 Å². The fourth-order valence-electron chi connectivity index (χ4n) is 3.03. The molecule has 0 aliphatic carbocycles. The van der Waals surface area contributed by atoms with Gasteiger partial charge in [0.15, 0.2) is 0 Å². The quantitative estimate of drug-likeness (QED) is 0.717. The van der Waals surface area contributed by atoms with Gasteiger partial charge in [-0.3, -0.25) is 34.2 Å². The van der Waals surface area contributed by atoms with Gasteiger partial charge in [0.25, 0.3) is 11.8 Å². The number of rotatable bonds is 5. The molecule has 26 heavy (non-hydrogen) atoms. The van der Waals surface area contributed by atoms with Crippen LogP contribution in [0.25, 0.3) is 0 Å². The number of fused-ring (bicyclic) bond motifs is 1. The number of hydrogen-bond donors (Lipinski definition) is 2. The summed E-state index contributed by atoms with van der Waals surface area (Å²) in [5.74, 6) is -2.76. The van der Waals surface area contributed by atoms with Crippen LogP contribution in [0.2, 0.25) is 0 Å². The predicted octanol–water partition coefficient (Wildman–Crippen LogP) is 0.0628. The summed E-state index contributed by atoms with van der Waals surface area (Å²) in [5.41, 5.74) is 0.369. The van der Waals surface area contributed by atoms with Crippen LogP contribution in [0.4, 0.5) is 5.69 Å². The number of hydrogen-bond acceptors (Lipinski definition) is 6. The Balaban J connectivity index is 1.88. The van der Waals surface area contributed by atoms with E-state index >= 15 is 0 Å². The number of methoxy groups -OCH3 is 1. The smallest absolute Gasteiger partial charge is 0.264 e. The molecule has 2 N–H and O–H groups in total. The van der Waals surface area contributed by atoms with Crippen molar-refractivity contribution < 1.29 is 28.7 Å². The van der Waals surface area contributed by atoms with Crippen molar-refractivity contribution in [3.8, 4) is 0 Å². The van der Waals surface area contributed by atoms with Gasteiger partial charge in [-0.25, -0.2) is 0 Å². The van der Waals surface area contributed by atoms with Crippen molar-refractivity contribution >= 4 is 35.2 Å². The Morgan fingerprint density at radius 2 is 2.04 bits per heavy atom. The Labute approximate surface area is 148 Å². The first-order chi connectivity index (χ1) is 12.4. The maximum absolute atomic E-state index is 12.8. The summed E-state index contributed by atoms with van der Waals surface area (Å²) in [5, 5.41) is 4.73. The Morgan fingerprint density at radius 1 is 1.27 bits per heavy atom. The number of anilines is 1. The molecule has 3 rings (SSSR count). The largest absolute Gasteiger partial charge is 0.384 e. The molecule has 5 amide bonds. The molecular weight excluding hydrogens is 342 g/mol. The highest BCUT2D eigenvalue weighted by molar-refractivity contribution is 6.26. The highest BCUT2D eigenvalue weighted by Crippen LogP contribution is 2.32. The third-order valence-corrected chi connectivity index (χ3v) is 4.28. The molecule has 0 aromatic heterocycles. The number of benzene rings is 1. The number of imide groups is 2. The Hall–Kier alpha value is -3.07. The van der Waals surface area contributed by atoms with E-state index in [1.807, 2.05) is 0 Å². The minimum atomic E-state index is -1.04. The van der Waals surface area contributed by atoms with Gasteiger partial charge in [0.05, 0.1) is 29.8 Å². The highest BCUT2D eigenvalue weighted by Gasteiger charge is 2.45. The molecule has 1 aromatic rings. The fraction of sp³-hybridized carbons (Fsp3) is 0.353. The number of nitrogens with zero attached hydrogens (tertiary/aromatic N) is 1. The van der Waals surface area contributed by atoms with Crippen molar-refractivity contribution in [1.82, 2.24) is 10.2 Å². The van der Waals surface area contributed by atoms with Gasteiger partial charge in [0, 0.05) is 13.5 Å². The third-order valence-electron chi connectivity index (χ3n) is 4.28. The predicted molar refractivity (Wildman–Crippen MR) is 88.2 cm³/mol. The fourth-order valence-corrected chi connectivity index (χ4v) is 3.03. The Kier molecular flexibility index (Phi) is 4.81. The third kappa shape index (κ3) is 3.08. The molecule has 1 fully saturated rings. The van der Waals surface area contributed by atoms with Gasteiger partial charge in [-0.15, -0.1) is 0 Å². The summed E-state index contributed by atoms with van der Waals surface area (Å²) in [4.78, 5) is 61.6. The summed E-state index contributed by atoms with van der Waals surface area (Å²) in [6.07, 6.45) is 0.218. The van der Waals surface area contributed by atoms with Crippen molar-refractivity contribution in [1.29, 1.82) is 0 Å². The van der Waals surface area contributed by atoms with E-state index in [0.29, 0.717) is 0 Å². The lowest BCUT2D eigenvalue weighted by Crippen LogP contribution is -2.54. The lowest BCUT2D eigenvalue weighted by atomic mass is 10.0. The summed E-state index contributed by atoms with van der Waals surface area (Å²) in [7, 11) is 1.47. The molecule has 136 valence electrons. The first-order valence-electron chi connectivity index (χ1n) is 8.07. The minimum absolute atomic E-state index is 0.0461. The molecule has 2 aliphatic rings. The van der Waals surface area contributed by atoms with E-state index in [-0.39, 0.29) is 48.6 Å². The SMILES string of the molecule is COCCC(=O)Nc1cccc2c1C(=O)N(C1CCC(=O)NC1=O)C2=O. The van der Waals surface area contributed by atoms with E-state index in [0.717, 1.165) is 4.90 Å². The zero-order chi connectivity index (χ0) is 18.8. The van der Waals surface area contributed by atoms with Gasteiger partial charge in [0.2, 0.25) is 17.7 Å². The van der Waals surface area contributed by atoms with Crippen LogP contribution in [0.5, 0.6) is 0 Å². The molecule has 2 aliphatic heterocycles. The van der Waals surface area contributed by atoms with Crippen molar-refractivity contribution in [2.75, 3.05) is 19.0 Å². The lowest BCUT2D eigenvalue weighted by Gasteiger charge is -2.27. The van der Waals surface area contributed by atoms with Gasteiger partial charge in [-0.05, 0) is 18.6 Å². The molecule has 0 bridgehead atoms. The summed E-state index contributed by atoms with van der Waals surface area (Å²) >= 11 is 0. The van der Waals surface area contributed by atoms with Gasteiger partial charge in [0.1, 0.15) is 6.04 Å². The van der Waals surface area contributed by atoms with Crippen LogP contribution in [0.3, 0.4) is 0 Å². The van der Waals surface area contributed by atoms with Crippen LogP contribution >= 0.6 is 0 Å². The number of carbonyl (C=O) groups excluding carboxylic acids is 5. The molecule has 0 saturated carbocycles. The van der Waals surface area contributed by atoms with E-state index in [1.54, 1.807) is 6.07 Å². The van der Waals surface area contributed by atoms with Crippen LogP contribution in [0, 0.1) is 0 Å². The average Bonchev–Trinajstić information content (AvgIpc) is 2.85. The maximum Gasteiger partial charge on any atom is 0.264 e. The number of piperidine rings is 1. The van der Waals surface area contributed by atoms with Gasteiger partial charge >= 0.3 is 0 Å². The summed E-state index contributed by atoms with van der Waals surface area (Å²) < 4.78 is 4.84. The average molecular weight is 359 g/mol. The first kappa shape index (κ1) is 17.7. The monoisotopic (exact) mass is 359 g/mol. The molecule has 1 atom stereocenters. The Morgan fingerprint density at radius 3 is 2.73 bits per heavy atom. The first-order valence-corrected chi connectivity index (χ1v) is 8.07. The molecule has 1 aromatic carbocycles. The molecule has 2 heterocycles. The molecule has 1 saturated heterocycles. The van der Waals surface area contributed by atoms with Gasteiger partial charge in [-0.2, -0.15) is 0 Å². The molecule has 0 radical (unpaired) electrons. The second-order valence-electron chi connectivity index (χ2n) is 5.97. The number of amides is 5. The highest BCUT2D eigenvalue weighted by atomic mass is 16.5. The number of nitrogens with one attached hydrogen (secondary N) is 2. The number of ether oxygens (including phenoxy) is 1. The van der Waals surface area contributed by atoms with Crippen molar-refractivity contribution in [2.24, 2.45) is 0 Å². The normalized spacial score (nSPS) is 19.4. The Bertz CT molecular complexity index is 819. The number of carbonyl (C=O) groups is 5. The summed E-state index contributed by atoms with van der Waals surface area (Å²) in [6.45, 7) is 0.218. The van der Waals surface area contributed by atoms with E-state index in [1.165, 1.54) is 19.2 Å². The molecule has 9 heteroatoms. The minimum Gasteiger partial charge on any atom is -0.384 e. The van der Waals surface area contributed by atoms with Crippen LogP contribution in [-0.4, -0.2) is 54.2 Å². The topological polar surface area (TPSA) is 122 Å². The van der Waals surface area contributed by atoms with Gasteiger partial charge in [-0.1, -0.05) is 6.07 Å². The van der Waals surface area contributed by atoms with E-state index < -0.39 is 29.7 Å². The van der Waals surface area contributed by atoms with Crippen LogP contribution in [0.15, 0.2) is 18.2 Å². The molecular formula is C17H17N3O6. The molecule has 0 spiro atoms. The second kappa shape index (κ2) is 7.04. The van der Waals surface area contributed by atoms with Gasteiger partial charge < -0.3 is 10.1 Å². The maximum atomic E-state index is 12.8. The van der Waals surface area contributed by atoms with Crippen molar-refractivity contribution in [2.45, 2.75) is 25.3 Å². The molecule has 9 nitrogen and oxygen atoms in total. The lowest BCUT2D eigenvalue weighted by molar-refractivity contribution is -0.136. The standard InChI is InChI=1S/C17H17N3O6/c1-26-8-7-13(22)18-10-4-2-3-9-14(10)17(25)20(16(9)24)11-5-6-12(21)19-15(11)23/h2-4,11H,5-8H2,1H3,(H,18,22)(H,19,21,23). The van der Waals surface area contributed by atoms with Crippen LogP contribution in [-0.2, 0) is 19.1 Å². The summed E-state index contributed by atoms with van der Waals surface area (Å²) in [6, 6.07) is 3.48. The van der Waals surface area contributed by atoms with E-state index in [2.05, 4.69) is 10.6 Å². The van der Waals surface area contributed by atoms with E-state index in [4.69, 9.17) is 4.74 Å². The zero-order valence-electron chi connectivity index (χ0n) is 14.0. The second-order valence-corrected chi connectivity index (χ2v) is 5.97. The van der Waals surface area contributed by atoms with Crippen molar-refractivity contribution in [3.63, 3.8) is 0 Å². The van der Waals surface area contributed by atoms with Crippen LogP contribution < -0.4 is 10.6 Å². The zero-order valence-corrected chi connectivity index (χ0v) is 14.0. The van der Waals surface area contributed by atoms with Crippen LogP contribution in [0.1, 0.15) is 40.0 Å². The van der Waals surface area contributed by atoms with Crippen molar-refractivity contribution in [3.05, 3.63) is 29.3 Å².